The van der Waals surface area contributed by atoms with Gasteiger partial charge in [-0.15, -0.1) is 0 Å². The highest BCUT2D eigenvalue weighted by molar-refractivity contribution is 5.48. The fourth-order valence-corrected chi connectivity index (χ4v) is 2.36. The zero-order valence-corrected chi connectivity index (χ0v) is 13.0. The molecule has 7 heteroatoms. The molecule has 0 unspecified atom stereocenters. The highest BCUT2D eigenvalue weighted by Crippen LogP contribution is 2.28. The van der Waals surface area contributed by atoms with Crippen molar-refractivity contribution in [2.75, 3.05) is 11.9 Å². The summed E-state index contributed by atoms with van der Waals surface area (Å²) in [5, 5.41) is 24.3. The molecule has 0 bridgehead atoms. The van der Waals surface area contributed by atoms with Crippen LogP contribution in [-0.4, -0.2) is 21.6 Å². The highest BCUT2D eigenvalue weighted by Gasteiger charge is 2.27. The number of nitrogens with zero attached hydrogens (tertiary/aromatic N) is 2. The van der Waals surface area contributed by atoms with Gasteiger partial charge in [0, 0.05) is 18.2 Å². The van der Waals surface area contributed by atoms with Gasteiger partial charge in [-0.2, -0.15) is 0 Å². The maximum atomic E-state index is 10.7. The van der Waals surface area contributed by atoms with Crippen LogP contribution in [0.5, 0.6) is 0 Å². The number of aromatic nitrogens is 1. The maximum absolute atomic E-state index is 10.7. The van der Waals surface area contributed by atoms with Gasteiger partial charge in [-0.25, -0.2) is 4.98 Å². The highest BCUT2D eigenvalue weighted by atomic mass is 16.6. The van der Waals surface area contributed by atoms with Gasteiger partial charge in [0.2, 0.25) is 0 Å². The van der Waals surface area contributed by atoms with Gasteiger partial charge in [0.05, 0.1) is 4.92 Å². The third-order valence-electron chi connectivity index (χ3n) is 3.50. The zero-order valence-electron chi connectivity index (χ0n) is 13.0. The average Bonchev–Trinajstić information content (AvgIpc) is 2.77. The van der Waals surface area contributed by atoms with E-state index >= 15 is 0 Å². The topological polar surface area (TPSA) is 101 Å². The molecule has 0 aliphatic heterocycles. The van der Waals surface area contributed by atoms with Crippen molar-refractivity contribution in [3.63, 3.8) is 0 Å². The van der Waals surface area contributed by atoms with Crippen molar-refractivity contribution in [2.24, 2.45) is 0 Å². The van der Waals surface area contributed by atoms with E-state index in [1.165, 1.54) is 12.3 Å². The van der Waals surface area contributed by atoms with E-state index in [1.807, 2.05) is 6.92 Å². The predicted octanol–water partition coefficient (Wildman–Crippen LogP) is 2.83. The van der Waals surface area contributed by atoms with E-state index in [4.69, 9.17) is 4.42 Å². The Morgan fingerprint density at radius 1 is 1.41 bits per heavy atom. The standard InChI is InChI=1S/C15H19N3O4/c1-9-5-12(18(20)21)7-16-14(9)17-8-15(4,19)13-6-10(2)22-11(13)3/h5-7,19H,8H2,1-4H3,(H,16,17)/t15-/m1/s1. The molecule has 0 saturated carbocycles. The average molecular weight is 305 g/mol. The minimum atomic E-state index is -1.14. The lowest BCUT2D eigenvalue weighted by Gasteiger charge is -2.24. The summed E-state index contributed by atoms with van der Waals surface area (Å²) in [6, 6.07) is 3.24. The molecule has 2 N–H and O–H groups in total. The Morgan fingerprint density at radius 3 is 2.59 bits per heavy atom. The summed E-state index contributed by atoms with van der Waals surface area (Å²) in [6.45, 7) is 7.23. The molecule has 0 amide bonds. The molecule has 2 aromatic rings. The number of nitro groups is 1. The quantitative estimate of drug-likeness (QED) is 0.650. The molecule has 0 saturated heterocycles. The summed E-state index contributed by atoms with van der Waals surface area (Å²) < 4.78 is 5.44. The zero-order chi connectivity index (χ0) is 16.5. The van der Waals surface area contributed by atoms with E-state index in [-0.39, 0.29) is 12.2 Å². The Morgan fingerprint density at radius 2 is 2.09 bits per heavy atom. The van der Waals surface area contributed by atoms with Crippen LogP contribution >= 0.6 is 0 Å². The number of aliphatic hydroxyl groups is 1. The molecule has 0 aromatic carbocycles. The lowest BCUT2D eigenvalue weighted by molar-refractivity contribution is -0.385. The predicted molar refractivity (Wildman–Crippen MR) is 81.9 cm³/mol. The Balaban J connectivity index is 2.15. The molecule has 118 valence electrons. The molecule has 7 nitrogen and oxygen atoms in total. The van der Waals surface area contributed by atoms with Crippen LogP contribution in [0.3, 0.4) is 0 Å². The smallest absolute Gasteiger partial charge is 0.287 e. The van der Waals surface area contributed by atoms with Crippen LogP contribution in [-0.2, 0) is 5.60 Å². The third-order valence-corrected chi connectivity index (χ3v) is 3.50. The number of furan rings is 1. The lowest BCUT2D eigenvalue weighted by Crippen LogP contribution is -2.31. The van der Waals surface area contributed by atoms with Gasteiger partial charge in [-0.1, -0.05) is 0 Å². The second kappa shape index (κ2) is 5.76. The number of hydrogen-bond acceptors (Lipinski definition) is 6. The molecule has 0 aliphatic rings. The van der Waals surface area contributed by atoms with Crippen molar-refractivity contribution in [1.82, 2.24) is 4.98 Å². The lowest BCUT2D eigenvalue weighted by atomic mass is 9.96. The molecular weight excluding hydrogens is 286 g/mol. The van der Waals surface area contributed by atoms with E-state index in [9.17, 15) is 15.2 Å². The first-order chi connectivity index (χ1) is 10.2. The normalized spacial score (nSPS) is 13.7. The van der Waals surface area contributed by atoms with E-state index in [2.05, 4.69) is 10.3 Å². The van der Waals surface area contributed by atoms with Crippen LogP contribution in [0.2, 0.25) is 0 Å². The van der Waals surface area contributed by atoms with Gasteiger partial charge in [0.25, 0.3) is 5.69 Å². The summed E-state index contributed by atoms with van der Waals surface area (Å²) in [6.07, 6.45) is 1.19. The van der Waals surface area contributed by atoms with Gasteiger partial charge in [-0.05, 0) is 39.3 Å². The largest absolute Gasteiger partial charge is 0.466 e. The van der Waals surface area contributed by atoms with E-state index < -0.39 is 10.5 Å². The summed E-state index contributed by atoms with van der Waals surface area (Å²) in [4.78, 5) is 14.2. The SMILES string of the molecule is Cc1cc([C@](C)(O)CNc2ncc([N+](=O)[O-])cc2C)c(C)o1. The fraction of sp³-hybridized carbons (Fsp3) is 0.400. The number of nitrogens with one attached hydrogen (secondary N) is 1. The monoisotopic (exact) mass is 305 g/mol. The number of anilines is 1. The van der Waals surface area contributed by atoms with Gasteiger partial charge in [0.1, 0.15) is 29.1 Å². The van der Waals surface area contributed by atoms with Crippen molar-refractivity contribution >= 4 is 11.5 Å². The summed E-state index contributed by atoms with van der Waals surface area (Å²) in [5.41, 5.74) is 0.149. The molecule has 0 radical (unpaired) electrons. The molecular formula is C15H19N3O4. The summed E-state index contributed by atoms with van der Waals surface area (Å²) >= 11 is 0. The van der Waals surface area contributed by atoms with Crippen molar-refractivity contribution in [2.45, 2.75) is 33.3 Å². The number of pyridine rings is 1. The number of hydrogen-bond donors (Lipinski definition) is 2. The second-order valence-corrected chi connectivity index (χ2v) is 5.57. The van der Waals surface area contributed by atoms with Gasteiger partial charge < -0.3 is 14.8 Å². The second-order valence-electron chi connectivity index (χ2n) is 5.57. The number of aryl methyl sites for hydroxylation is 3. The Hall–Kier alpha value is -2.41. The molecule has 1 atom stereocenters. The van der Waals surface area contributed by atoms with E-state index in [0.29, 0.717) is 22.7 Å². The van der Waals surface area contributed by atoms with E-state index in [0.717, 1.165) is 5.76 Å². The first-order valence-corrected chi connectivity index (χ1v) is 6.85. The van der Waals surface area contributed by atoms with Gasteiger partial charge in [0.15, 0.2) is 0 Å². The van der Waals surface area contributed by atoms with Crippen LogP contribution in [0.4, 0.5) is 11.5 Å². The molecule has 22 heavy (non-hydrogen) atoms. The van der Waals surface area contributed by atoms with Crippen LogP contribution in [0.15, 0.2) is 22.7 Å². The number of rotatable bonds is 5. The Kier molecular flexibility index (Phi) is 4.18. The first kappa shape index (κ1) is 16.0. The molecule has 2 aromatic heterocycles. The van der Waals surface area contributed by atoms with Crippen molar-refractivity contribution in [1.29, 1.82) is 0 Å². The minimum Gasteiger partial charge on any atom is -0.466 e. The third kappa shape index (κ3) is 3.25. The Bertz CT molecular complexity index is 707. The Labute approximate surface area is 128 Å². The molecule has 0 spiro atoms. The van der Waals surface area contributed by atoms with Gasteiger partial charge in [-0.3, -0.25) is 10.1 Å². The van der Waals surface area contributed by atoms with Crippen molar-refractivity contribution in [3.05, 3.63) is 51.1 Å². The molecule has 0 fully saturated rings. The first-order valence-electron chi connectivity index (χ1n) is 6.85. The molecule has 2 rings (SSSR count). The van der Waals surface area contributed by atoms with Crippen molar-refractivity contribution in [3.8, 4) is 0 Å². The van der Waals surface area contributed by atoms with Gasteiger partial charge >= 0.3 is 0 Å². The van der Waals surface area contributed by atoms with Crippen LogP contribution < -0.4 is 5.32 Å². The molecule has 0 aliphatic carbocycles. The summed E-state index contributed by atoms with van der Waals surface area (Å²) in [7, 11) is 0. The van der Waals surface area contributed by atoms with E-state index in [1.54, 1.807) is 26.8 Å². The molecule has 2 heterocycles. The summed E-state index contributed by atoms with van der Waals surface area (Å²) in [5.74, 6) is 1.90. The van der Waals surface area contributed by atoms with Crippen LogP contribution in [0, 0.1) is 30.9 Å². The fourth-order valence-electron chi connectivity index (χ4n) is 2.36. The maximum Gasteiger partial charge on any atom is 0.287 e. The minimum absolute atomic E-state index is 0.0592. The van der Waals surface area contributed by atoms with Crippen molar-refractivity contribution < 1.29 is 14.4 Å². The van der Waals surface area contributed by atoms with Crippen LogP contribution in [0.25, 0.3) is 0 Å². The van der Waals surface area contributed by atoms with Crippen LogP contribution in [0.1, 0.15) is 29.6 Å².